The van der Waals surface area contributed by atoms with Crippen molar-refractivity contribution in [1.82, 2.24) is 14.9 Å². The van der Waals surface area contributed by atoms with E-state index in [4.69, 9.17) is 28.2 Å². The first-order chi connectivity index (χ1) is 11.2. The van der Waals surface area contributed by atoms with Crippen LogP contribution in [0.4, 0.5) is 0 Å². The van der Waals surface area contributed by atoms with Crippen molar-refractivity contribution in [2.24, 2.45) is 0 Å². The molecule has 6 heteroatoms. The number of nitrogens with zero attached hydrogens (tertiary/aromatic N) is 2. The molecule has 1 aliphatic heterocycles. The highest BCUT2D eigenvalue weighted by molar-refractivity contribution is 6.42. The molecule has 0 bridgehead atoms. The molecule has 0 amide bonds. The van der Waals surface area contributed by atoms with Crippen LogP contribution in [0.2, 0.25) is 10.0 Å². The summed E-state index contributed by atoms with van der Waals surface area (Å²) in [7, 11) is 0. The average molecular weight is 366 g/mol. The third kappa shape index (κ3) is 3.66. The first kappa shape index (κ1) is 17.5. The molecule has 0 spiro atoms. The Bertz CT molecular complexity index is 824. The van der Waals surface area contributed by atoms with Gasteiger partial charge in [-0.2, -0.15) is 0 Å². The van der Waals surface area contributed by atoms with Crippen LogP contribution >= 0.6 is 23.2 Å². The fourth-order valence-corrected chi connectivity index (χ4v) is 3.19. The van der Waals surface area contributed by atoms with Crippen LogP contribution in [0.5, 0.6) is 0 Å². The van der Waals surface area contributed by atoms with Gasteiger partial charge in [0.05, 0.1) is 21.3 Å². The summed E-state index contributed by atoms with van der Waals surface area (Å²) in [6.45, 7) is 8.36. The largest absolute Gasteiger partial charge is 0.310 e. The number of aromatic amines is 1. The molecule has 1 N–H and O–H groups in total. The summed E-state index contributed by atoms with van der Waals surface area (Å²) in [5.41, 5.74) is 2.60. The van der Waals surface area contributed by atoms with E-state index in [2.05, 4.69) is 30.7 Å². The van der Waals surface area contributed by atoms with Gasteiger partial charge in [-0.05, 0) is 17.7 Å². The van der Waals surface area contributed by atoms with Gasteiger partial charge >= 0.3 is 0 Å². The second-order valence-corrected chi connectivity index (χ2v) is 8.11. The van der Waals surface area contributed by atoms with Gasteiger partial charge in [0.2, 0.25) is 0 Å². The van der Waals surface area contributed by atoms with E-state index < -0.39 is 0 Å². The molecule has 1 aliphatic rings. The zero-order valence-corrected chi connectivity index (χ0v) is 15.6. The van der Waals surface area contributed by atoms with Gasteiger partial charge in [0.15, 0.2) is 0 Å². The Labute approximate surface area is 151 Å². The van der Waals surface area contributed by atoms with E-state index in [1.165, 1.54) is 0 Å². The van der Waals surface area contributed by atoms with Crippen LogP contribution in [0.3, 0.4) is 0 Å². The van der Waals surface area contributed by atoms with Crippen LogP contribution in [-0.2, 0) is 24.9 Å². The van der Waals surface area contributed by atoms with Gasteiger partial charge in [0.1, 0.15) is 5.82 Å². The zero-order chi connectivity index (χ0) is 17.5. The first-order valence-electron chi connectivity index (χ1n) is 8.03. The molecule has 128 valence electrons. The normalized spacial score (nSPS) is 15.4. The number of H-pyrrole nitrogens is 1. The standard InChI is InChI=1S/C18H21Cl2N3O/c1-18(2,3)17-21-15-6-7-23(10-12(15)16(24)22-17)9-11-4-5-13(19)14(20)8-11/h4-5,8H,6-7,9-10H2,1-3H3,(H,21,22,24). The van der Waals surface area contributed by atoms with Gasteiger partial charge < -0.3 is 4.98 Å². The second kappa shape index (κ2) is 6.51. The maximum atomic E-state index is 12.5. The number of nitrogens with one attached hydrogen (secondary N) is 1. The summed E-state index contributed by atoms with van der Waals surface area (Å²) >= 11 is 12.0. The number of fused-ring (bicyclic) bond motifs is 1. The van der Waals surface area contributed by atoms with Crippen LogP contribution < -0.4 is 5.56 Å². The number of hydrogen-bond acceptors (Lipinski definition) is 3. The molecule has 0 unspecified atom stereocenters. The second-order valence-electron chi connectivity index (χ2n) is 7.30. The van der Waals surface area contributed by atoms with Crippen molar-refractivity contribution in [3.05, 3.63) is 61.2 Å². The van der Waals surface area contributed by atoms with E-state index in [1.807, 2.05) is 12.1 Å². The maximum absolute atomic E-state index is 12.5. The van der Waals surface area contributed by atoms with E-state index in [1.54, 1.807) is 6.07 Å². The fourth-order valence-electron chi connectivity index (χ4n) is 2.87. The van der Waals surface area contributed by atoms with Crippen molar-refractivity contribution in [3.8, 4) is 0 Å². The molecule has 0 aliphatic carbocycles. The molecule has 0 saturated heterocycles. The minimum absolute atomic E-state index is 0.0243. The zero-order valence-electron chi connectivity index (χ0n) is 14.1. The number of rotatable bonds is 2. The SMILES string of the molecule is CC(C)(C)c1nc2c(c(=O)[nH]1)CN(Cc1ccc(Cl)c(Cl)c1)CC2. The van der Waals surface area contributed by atoms with Gasteiger partial charge in [-0.15, -0.1) is 0 Å². The van der Waals surface area contributed by atoms with Crippen molar-refractivity contribution in [1.29, 1.82) is 0 Å². The highest BCUT2D eigenvalue weighted by atomic mass is 35.5. The number of hydrogen-bond donors (Lipinski definition) is 1. The molecule has 1 aromatic heterocycles. The minimum Gasteiger partial charge on any atom is -0.310 e. The Hall–Kier alpha value is -1.36. The number of benzene rings is 1. The van der Waals surface area contributed by atoms with E-state index >= 15 is 0 Å². The first-order valence-corrected chi connectivity index (χ1v) is 8.78. The van der Waals surface area contributed by atoms with Crippen LogP contribution in [0, 0.1) is 0 Å². The molecule has 24 heavy (non-hydrogen) atoms. The summed E-state index contributed by atoms with van der Waals surface area (Å²) in [6, 6.07) is 5.65. The topological polar surface area (TPSA) is 49.0 Å². The van der Waals surface area contributed by atoms with Gasteiger partial charge in [0.25, 0.3) is 5.56 Å². The van der Waals surface area contributed by atoms with E-state index in [9.17, 15) is 4.79 Å². The Balaban J connectivity index is 1.82. The summed E-state index contributed by atoms with van der Waals surface area (Å²) in [5, 5.41) is 1.11. The Morgan fingerprint density at radius 3 is 2.67 bits per heavy atom. The Morgan fingerprint density at radius 2 is 2.00 bits per heavy atom. The van der Waals surface area contributed by atoms with Crippen molar-refractivity contribution in [3.63, 3.8) is 0 Å². The molecular formula is C18H21Cl2N3O. The van der Waals surface area contributed by atoms with Crippen molar-refractivity contribution in [2.75, 3.05) is 6.54 Å². The predicted molar refractivity (Wildman–Crippen MR) is 97.8 cm³/mol. The van der Waals surface area contributed by atoms with Gasteiger partial charge in [-0.3, -0.25) is 9.69 Å². The van der Waals surface area contributed by atoms with E-state index in [0.717, 1.165) is 42.2 Å². The number of halogens is 2. The molecule has 1 aromatic carbocycles. The monoisotopic (exact) mass is 365 g/mol. The van der Waals surface area contributed by atoms with Crippen LogP contribution in [0.25, 0.3) is 0 Å². The third-order valence-electron chi connectivity index (χ3n) is 4.25. The fraction of sp³-hybridized carbons (Fsp3) is 0.444. The van der Waals surface area contributed by atoms with Crippen LogP contribution in [0.15, 0.2) is 23.0 Å². The van der Waals surface area contributed by atoms with Crippen molar-refractivity contribution in [2.45, 2.75) is 45.7 Å². The third-order valence-corrected chi connectivity index (χ3v) is 4.99. The summed E-state index contributed by atoms with van der Waals surface area (Å²) in [6.07, 6.45) is 0.781. The minimum atomic E-state index is -0.161. The molecule has 0 fully saturated rings. The quantitative estimate of drug-likeness (QED) is 0.876. The molecule has 0 atom stereocenters. The molecular weight excluding hydrogens is 345 g/mol. The molecule has 2 heterocycles. The maximum Gasteiger partial charge on any atom is 0.255 e. The lowest BCUT2D eigenvalue weighted by molar-refractivity contribution is 0.241. The lowest BCUT2D eigenvalue weighted by Gasteiger charge is -2.29. The predicted octanol–water partition coefficient (Wildman–Crippen LogP) is 3.93. The molecule has 4 nitrogen and oxygen atoms in total. The van der Waals surface area contributed by atoms with E-state index in [-0.39, 0.29) is 11.0 Å². The van der Waals surface area contributed by atoms with E-state index in [0.29, 0.717) is 16.6 Å². The highest BCUT2D eigenvalue weighted by Gasteiger charge is 2.24. The van der Waals surface area contributed by atoms with Crippen molar-refractivity contribution < 1.29 is 0 Å². The lowest BCUT2D eigenvalue weighted by atomic mass is 9.95. The van der Waals surface area contributed by atoms with Crippen LogP contribution in [0.1, 0.15) is 43.4 Å². The number of aromatic nitrogens is 2. The van der Waals surface area contributed by atoms with Gasteiger partial charge in [-0.1, -0.05) is 50.0 Å². The molecule has 3 rings (SSSR count). The van der Waals surface area contributed by atoms with Crippen LogP contribution in [-0.4, -0.2) is 21.4 Å². The molecule has 0 radical (unpaired) electrons. The summed E-state index contributed by atoms with van der Waals surface area (Å²) in [4.78, 5) is 22.3. The molecule has 0 saturated carbocycles. The summed E-state index contributed by atoms with van der Waals surface area (Å²) in [5.74, 6) is 0.754. The Kier molecular flexibility index (Phi) is 4.73. The highest BCUT2D eigenvalue weighted by Crippen LogP contribution is 2.25. The lowest BCUT2D eigenvalue weighted by Crippen LogP contribution is -2.37. The summed E-state index contributed by atoms with van der Waals surface area (Å²) < 4.78 is 0. The van der Waals surface area contributed by atoms with Gasteiger partial charge in [-0.25, -0.2) is 4.98 Å². The Morgan fingerprint density at radius 1 is 1.25 bits per heavy atom. The average Bonchev–Trinajstić information content (AvgIpc) is 2.50. The smallest absolute Gasteiger partial charge is 0.255 e. The molecule has 2 aromatic rings. The van der Waals surface area contributed by atoms with Crippen molar-refractivity contribution >= 4 is 23.2 Å². The van der Waals surface area contributed by atoms with Gasteiger partial charge in [0, 0.05) is 31.5 Å².